The summed E-state index contributed by atoms with van der Waals surface area (Å²) in [7, 11) is 1.65. The molecule has 0 aliphatic carbocycles. The number of rotatable bonds is 7. The molecular weight excluding hydrogens is 468 g/mol. The lowest BCUT2D eigenvalue weighted by Crippen LogP contribution is -2.01. The van der Waals surface area contributed by atoms with Crippen LogP contribution in [0.3, 0.4) is 0 Å². The van der Waals surface area contributed by atoms with Gasteiger partial charge in [0.2, 0.25) is 5.89 Å². The van der Waals surface area contributed by atoms with Crippen LogP contribution in [0.5, 0.6) is 5.75 Å². The monoisotopic (exact) mass is 488 g/mol. The molecule has 2 heterocycles. The van der Waals surface area contributed by atoms with E-state index in [-0.39, 0.29) is 0 Å². The van der Waals surface area contributed by atoms with Crippen LogP contribution in [0.2, 0.25) is 5.02 Å². The van der Waals surface area contributed by atoms with Gasteiger partial charge >= 0.3 is 0 Å². The number of ether oxygens (including phenoxy) is 1. The first-order valence-electron chi connectivity index (χ1n) is 10.6. The summed E-state index contributed by atoms with van der Waals surface area (Å²) in [6, 6.07) is 25.2. The van der Waals surface area contributed by atoms with Crippen molar-refractivity contribution in [2.45, 2.75) is 17.8 Å². The van der Waals surface area contributed by atoms with Crippen LogP contribution in [0.25, 0.3) is 28.5 Å². The summed E-state index contributed by atoms with van der Waals surface area (Å²) in [6.07, 6.45) is 0. The molecule has 0 fully saturated rings. The number of halogens is 1. The van der Waals surface area contributed by atoms with Crippen molar-refractivity contribution >= 4 is 23.4 Å². The van der Waals surface area contributed by atoms with Crippen LogP contribution < -0.4 is 4.74 Å². The summed E-state index contributed by atoms with van der Waals surface area (Å²) < 4.78 is 13.5. The van der Waals surface area contributed by atoms with Gasteiger partial charge < -0.3 is 9.15 Å². The van der Waals surface area contributed by atoms with E-state index < -0.39 is 0 Å². The highest BCUT2D eigenvalue weighted by molar-refractivity contribution is 7.98. The number of methoxy groups -OCH3 is 1. The standard InChI is InChI=1S/C26H21ClN4O2S/c1-17-22(28-25(33-17)18-8-4-3-5-9-18)16-34-26-30-29-24(21-10-6-7-11-23(21)32-2)31(26)20-14-12-19(27)13-15-20/h3-15H,16H2,1-2H3. The summed E-state index contributed by atoms with van der Waals surface area (Å²) in [5, 5.41) is 10.4. The number of nitrogens with zero attached hydrogens (tertiary/aromatic N) is 4. The number of aromatic nitrogens is 4. The number of oxazole rings is 1. The minimum atomic E-state index is 0.583. The van der Waals surface area contributed by atoms with Gasteiger partial charge in [0.25, 0.3) is 0 Å². The Balaban J connectivity index is 1.51. The Morgan fingerprint density at radius 2 is 1.68 bits per heavy atom. The smallest absolute Gasteiger partial charge is 0.226 e. The predicted octanol–water partition coefficient (Wildman–Crippen LogP) is 6.85. The normalized spacial score (nSPS) is 11.0. The predicted molar refractivity (Wildman–Crippen MR) is 135 cm³/mol. The Bertz CT molecular complexity index is 1410. The average molecular weight is 489 g/mol. The van der Waals surface area contributed by atoms with Crippen molar-refractivity contribution in [3.05, 3.63) is 95.3 Å². The maximum Gasteiger partial charge on any atom is 0.226 e. The number of aryl methyl sites for hydroxylation is 1. The number of hydrogen-bond acceptors (Lipinski definition) is 6. The van der Waals surface area contributed by atoms with Crippen molar-refractivity contribution in [2.24, 2.45) is 0 Å². The molecule has 0 aliphatic rings. The molecule has 5 aromatic rings. The zero-order valence-electron chi connectivity index (χ0n) is 18.6. The first-order valence-corrected chi connectivity index (χ1v) is 12.0. The molecule has 5 rings (SSSR count). The molecule has 0 saturated heterocycles. The molecule has 0 radical (unpaired) electrons. The summed E-state index contributed by atoms with van der Waals surface area (Å²) in [6.45, 7) is 1.93. The largest absolute Gasteiger partial charge is 0.496 e. The van der Waals surface area contributed by atoms with Gasteiger partial charge in [-0.3, -0.25) is 4.57 Å². The van der Waals surface area contributed by atoms with Gasteiger partial charge in [0.05, 0.1) is 18.4 Å². The Labute approximate surface area is 206 Å². The molecule has 170 valence electrons. The van der Waals surface area contributed by atoms with Gasteiger partial charge in [0.1, 0.15) is 11.5 Å². The average Bonchev–Trinajstić information content (AvgIpc) is 3.47. The van der Waals surface area contributed by atoms with Gasteiger partial charge in [0.15, 0.2) is 11.0 Å². The molecule has 6 nitrogen and oxygen atoms in total. The number of para-hydroxylation sites is 1. The SMILES string of the molecule is COc1ccccc1-c1nnc(SCc2nc(-c3ccccc3)oc2C)n1-c1ccc(Cl)cc1. The van der Waals surface area contributed by atoms with E-state index in [2.05, 4.69) is 10.2 Å². The van der Waals surface area contributed by atoms with Crippen LogP contribution in [-0.4, -0.2) is 26.9 Å². The van der Waals surface area contributed by atoms with E-state index in [1.165, 1.54) is 0 Å². The fourth-order valence-electron chi connectivity index (χ4n) is 3.59. The Morgan fingerprint density at radius 1 is 0.941 bits per heavy atom. The first-order chi connectivity index (χ1) is 16.6. The van der Waals surface area contributed by atoms with Crippen LogP contribution >= 0.6 is 23.4 Å². The summed E-state index contributed by atoms with van der Waals surface area (Å²) >= 11 is 7.69. The zero-order valence-corrected chi connectivity index (χ0v) is 20.2. The summed E-state index contributed by atoms with van der Waals surface area (Å²) in [5.74, 6) is 3.39. The minimum Gasteiger partial charge on any atom is -0.496 e. The Morgan fingerprint density at radius 3 is 2.44 bits per heavy atom. The van der Waals surface area contributed by atoms with Crippen molar-refractivity contribution in [3.63, 3.8) is 0 Å². The second-order valence-corrected chi connectivity index (χ2v) is 8.87. The topological polar surface area (TPSA) is 66.0 Å². The van der Waals surface area contributed by atoms with Crippen molar-refractivity contribution in [1.29, 1.82) is 0 Å². The third kappa shape index (κ3) is 4.44. The maximum absolute atomic E-state index is 6.14. The van der Waals surface area contributed by atoms with Crippen molar-refractivity contribution in [2.75, 3.05) is 7.11 Å². The summed E-state index contributed by atoms with van der Waals surface area (Å²) in [4.78, 5) is 4.72. The second kappa shape index (κ2) is 9.75. The lowest BCUT2D eigenvalue weighted by molar-refractivity contribution is 0.416. The molecule has 34 heavy (non-hydrogen) atoms. The third-order valence-corrected chi connectivity index (χ3v) is 6.51. The van der Waals surface area contributed by atoms with E-state index >= 15 is 0 Å². The van der Waals surface area contributed by atoms with E-state index in [1.54, 1.807) is 18.9 Å². The quantitative estimate of drug-likeness (QED) is 0.233. The van der Waals surface area contributed by atoms with Gasteiger partial charge in [-0.05, 0) is 55.5 Å². The maximum atomic E-state index is 6.14. The molecule has 2 aromatic heterocycles. The highest BCUT2D eigenvalue weighted by Crippen LogP contribution is 2.35. The van der Waals surface area contributed by atoms with Crippen LogP contribution in [0.4, 0.5) is 0 Å². The number of hydrogen-bond donors (Lipinski definition) is 0. The highest BCUT2D eigenvalue weighted by atomic mass is 35.5. The molecule has 3 aromatic carbocycles. The molecule has 0 atom stereocenters. The third-order valence-electron chi connectivity index (χ3n) is 5.32. The fraction of sp³-hybridized carbons (Fsp3) is 0.115. The van der Waals surface area contributed by atoms with Gasteiger partial charge in [0, 0.05) is 22.0 Å². The van der Waals surface area contributed by atoms with Crippen LogP contribution in [0.1, 0.15) is 11.5 Å². The molecule has 0 spiro atoms. The molecule has 0 N–H and O–H groups in total. The number of thioether (sulfide) groups is 1. The molecule has 0 saturated carbocycles. The molecule has 0 bridgehead atoms. The van der Waals surface area contributed by atoms with Crippen LogP contribution in [0, 0.1) is 6.92 Å². The Kier molecular flexibility index (Phi) is 6.38. The van der Waals surface area contributed by atoms with Gasteiger partial charge in [-0.1, -0.05) is 53.7 Å². The van der Waals surface area contributed by atoms with E-state index in [0.29, 0.717) is 22.5 Å². The fourth-order valence-corrected chi connectivity index (χ4v) is 4.67. The van der Waals surface area contributed by atoms with Gasteiger partial charge in [-0.2, -0.15) is 0 Å². The molecule has 0 unspecified atom stereocenters. The molecular formula is C26H21ClN4O2S. The first kappa shape index (κ1) is 22.3. The van der Waals surface area contributed by atoms with Crippen molar-refractivity contribution < 1.29 is 9.15 Å². The second-order valence-electron chi connectivity index (χ2n) is 7.49. The summed E-state index contributed by atoms with van der Waals surface area (Å²) in [5.41, 5.74) is 3.57. The van der Waals surface area contributed by atoms with E-state index in [0.717, 1.165) is 39.2 Å². The zero-order chi connectivity index (χ0) is 23.5. The van der Waals surface area contributed by atoms with Gasteiger partial charge in [-0.25, -0.2) is 4.98 Å². The lowest BCUT2D eigenvalue weighted by atomic mass is 10.2. The lowest BCUT2D eigenvalue weighted by Gasteiger charge is -2.12. The van der Waals surface area contributed by atoms with E-state index in [1.807, 2.05) is 90.4 Å². The minimum absolute atomic E-state index is 0.583. The Hall–Kier alpha value is -3.55. The molecule has 8 heteroatoms. The van der Waals surface area contributed by atoms with E-state index in [9.17, 15) is 0 Å². The van der Waals surface area contributed by atoms with Crippen LogP contribution in [0.15, 0.2) is 88.4 Å². The highest BCUT2D eigenvalue weighted by Gasteiger charge is 2.20. The van der Waals surface area contributed by atoms with Crippen molar-refractivity contribution in [3.8, 4) is 34.3 Å². The van der Waals surface area contributed by atoms with Crippen LogP contribution in [-0.2, 0) is 5.75 Å². The van der Waals surface area contributed by atoms with Crippen molar-refractivity contribution in [1.82, 2.24) is 19.7 Å². The number of benzene rings is 3. The molecule has 0 amide bonds. The molecule has 0 aliphatic heterocycles. The van der Waals surface area contributed by atoms with E-state index in [4.69, 9.17) is 25.7 Å². The van der Waals surface area contributed by atoms with Gasteiger partial charge in [-0.15, -0.1) is 10.2 Å².